The summed E-state index contributed by atoms with van der Waals surface area (Å²) >= 11 is 0. The third kappa shape index (κ3) is 3.53. The van der Waals surface area contributed by atoms with Gasteiger partial charge in [-0.05, 0) is 55.7 Å². The molecule has 0 aliphatic carbocycles. The first-order valence-electron chi connectivity index (χ1n) is 7.04. The molecular weight excluding hydrogens is 314 g/mol. The van der Waals surface area contributed by atoms with Crippen molar-refractivity contribution in [2.45, 2.75) is 25.7 Å². The molecule has 0 unspecified atom stereocenters. The summed E-state index contributed by atoms with van der Waals surface area (Å²) in [6, 6.07) is 9.80. The van der Waals surface area contributed by atoms with Gasteiger partial charge in [-0.2, -0.15) is 0 Å². The van der Waals surface area contributed by atoms with E-state index < -0.39 is 16.0 Å². The van der Waals surface area contributed by atoms with E-state index in [4.69, 9.17) is 0 Å². The van der Waals surface area contributed by atoms with Gasteiger partial charge < -0.3 is 4.74 Å². The summed E-state index contributed by atoms with van der Waals surface area (Å²) in [6.45, 7) is 5.53. The van der Waals surface area contributed by atoms with Gasteiger partial charge in [-0.1, -0.05) is 18.2 Å². The lowest BCUT2D eigenvalue weighted by atomic mass is 10.1. The van der Waals surface area contributed by atoms with Crippen molar-refractivity contribution >= 4 is 21.7 Å². The molecule has 6 heteroatoms. The molecule has 0 radical (unpaired) electrons. The molecule has 5 nitrogen and oxygen atoms in total. The van der Waals surface area contributed by atoms with Crippen molar-refractivity contribution in [3.63, 3.8) is 0 Å². The highest BCUT2D eigenvalue weighted by Gasteiger charge is 2.21. The topological polar surface area (TPSA) is 72.5 Å². The second-order valence-corrected chi connectivity index (χ2v) is 7.00. The zero-order valence-electron chi connectivity index (χ0n) is 13.5. The highest BCUT2D eigenvalue weighted by molar-refractivity contribution is 7.92. The number of sulfonamides is 1. The summed E-state index contributed by atoms with van der Waals surface area (Å²) in [5.41, 5.74) is 2.92. The quantitative estimate of drug-likeness (QED) is 0.872. The third-order valence-electron chi connectivity index (χ3n) is 3.66. The number of carbonyl (C=O) groups is 1. The van der Waals surface area contributed by atoms with Gasteiger partial charge in [0.15, 0.2) is 0 Å². The molecule has 0 saturated heterocycles. The summed E-state index contributed by atoms with van der Waals surface area (Å²) in [5.74, 6) is -0.597. The molecule has 0 fully saturated rings. The summed E-state index contributed by atoms with van der Waals surface area (Å²) in [6.07, 6.45) is 0. The zero-order chi connectivity index (χ0) is 17.2. The van der Waals surface area contributed by atoms with Crippen LogP contribution in [0.1, 0.15) is 27.0 Å². The summed E-state index contributed by atoms with van der Waals surface area (Å²) in [4.78, 5) is 12.0. The van der Waals surface area contributed by atoms with Gasteiger partial charge in [0.05, 0.1) is 23.3 Å². The van der Waals surface area contributed by atoms with Crippen molar-refractivity contribution < 1.29 is 17.9 Å². The van der Waals surface area contributed by atoms with E-state index in [0.717, 1.165) is 11.1 Å². The Balaban J connectivity index is 2.48. The standard InChI is InChI=1S/C17H19NO4S/c1-11-9-13(3)16(10-12(11)2)23(20,21)18-15-8-6-5-7-14(15)17(19)22-4/h5-10,18H,1-4H3. The first-order valence-corrected chi connectivity index (χ1v) is 8.52. The average Bonchev–Trinajstić information content (AvgIpc) is 2.50. The lowest BCUT2D eigenvalue weighted by Gasteiger charge is -2.14. The SMILES string of the molecule is COC(=O)c1ccccc1NS(=O)(=O)c1cc(C)c(C)cc1C. The number of aryl methyl sites for hydroxylation is 3. The minimum Gasteiger partial charge on any atom is -0.465 e. The fourth-order valence-corrected chi connectivity index (χ4v) is 3.68. The first kappa shape index (κ1) is 17.0. The number of para-hydroxylation sites is 1. The van der Waals surface area contributed by atoms with Crippen molar-refractivity contribution in [1.29, 1.82) is 0 Å². The molecule has 23 heavy (non-hydrogen) atoms. The van der Waals surface area contributed by atoms with Crippen LogP contribution in [-0.2, 0) is 14.8 Å². The molecule has 0 aliphatic rings. The van der Waals surface area contributed by atoms with Gasteiger partial charge in [0.2, 0.25) is 0 Å². The number of ether oxygens (including phenoxy) is 1. The van der Waals surface area contributed by atoms with Gasteiger partial charge in [-0.3, -0.25) is 4.72 Å². The number of hydrogen-bond acceptors (Lipinski definition) is 4. The highest BCUT2D eigenvalue weighted by Crippen LogP contribution is 2.24. The average molecular weight is 333 g/mol. The molecule has 0 amide bonds. The van der Waals surface area contributed by atoms with Crippen LogP contribution in [0.2, 0.25) is 0 Å². The lowest BCUT2D eigenvalue weighted by molar-refractivity contribution is 0.0602. The van der Waals surface area contributed by atoms with Crippen LogP contribution in [0.4, 0.5) is 5.69 Å². The van der Waals surface area contributed by atoms with Gasteiger partial charge in [-0.15, -0.1) is 0 Å². The lowest BCUT2D eigenvalue weighted by Crippen LogP contribution is -2.17. The number of esters is 1. The molecule has 0 spiro atoms. The molecule has 0 bridgehead atoms. The molecule has 2 rings (SSSR count). The fourth-order valence-electron chi connectivity index (χ4n) is 2.28. The molecule has 0 saturated carbocycles. The molecule has 2 aromatic carbocycles. The van der Waals surface area contributed by atoms with Crippen LogP contribution in [0.5, 0.6) is 0 Å². The van der Waals surface area contributed by atoms with Crippen molar-refractivity contribution in [1.82, 2.24) is 0 Å². The van der Waals surface area contributed by atoms with Crippen molar-refractivity contribution in [3.8, 4) is 0 Å². The smallest absolute Gasteiger partial charge is 0.339 e. The van der Waals surface area contributed by atoms with E-state index >= 15 is 0 Å². The minimum absolute atomic E-state index is 0.167. The summed E-state index contributed by atoms with van der Waals surface area (Å²) < 4.78 is 32.5. The molecule has 0 aromatic heterocycles. The van der Waals surface area contributed by atoms with Crippen LogP contribution >= 0.6 is 0 Å². The second kappa shape index (κ2) is 6.42. The van der Waals surface area contributed by atoms with Crippen molar-refractivity contribution in [2.75, 3.05) is 11.8 Å². The number of methoxy groups -OCH3 is 1. The zero-order valence-corrected chi connectivity index (χ0v) is 14.3. The molecular formula is C17H19NO4S. The van der Waals surface area contributed by atoms with Crippen LogP contribution in [-0.4, -0.2) is 21.5 Å². The molecule has 0 aliphatic heterocycles. The second-order valence-electron chi connectivity index (χ2n) is 5.34. The van der Waals surface area contributed by atoms with Crippen LogP contribution in [0.15, 0.2) is 41.3 Å². The number of nitrogens with one attached hydrogen (secondary N) is 1. The molecule has 1 N–H and O–H groups in total. The van der Waals surface area contributed by atoms with E-state index in [1.54, 1.807) is 25.1 Å². The molecule has 122 valence electrons. The van der Waals surface area contributed by atoms with Gasteiger partial charge in [0.25, 0.3) is 10.0 Å². The largest absolute Gasteiger partial charge is 0.465 e. The monoisotopic (exact) mass is 333 g/mol. The molecule has 0 atom stereocenters. The normalized spacial score (nSPS) is 11.1. The predicted molar refractivity (Wildman–Crippen MR) is 89.2 cm³/mol. The number of benzene rings is 2. The van der Waals surface area contributed by atoms with Crippen LogP contribution in [0.25, 0.3) is 0 Å². The molecule has 2 aromatic rings. The highest BCUT2D eigenvalue weighted by atomic mass is 32.2. The van der Waals surface area contributed by atoms with Gasteiger partial charge in [-0.25, -0.2) is 13.2 Å². The fraction of sp³-hybridized carbons (Fsp3) is 0.235. The Morgan fingerprint density at radius 3 is 2.26 bits per heavy atom. The van der Waals surface area contributed by atoms with Crippen LogP contribution < -0.4 is 4.72 Å². The Morgan fingerprint density at radius 2 is 1.61 bits per heavy atom. The maximum atomic E-state index is 12.7. The van der Waals surface area contributed by atoms with E-state index in [1.807, 2.05) is 19.9 Å². The Kier molecular flexibility index (Phi) is 4.75. The van der Waals surface area contributed by atoms with E-state index in [1.165, 1.54) is 19.2 Å². The number of rotatable bonds is 4. The minimum atomic E-state index is -3.81. The van der Waals surface area contributed by atoms with Gasteiger partial charge >= 0.3 is 5.97 Å². The number of carbonyl (C=O) groups excluding carboxylic acids is 1. The maximum Gasteiger partial charge on any atom is 0.339 e. The van der Waals surface area contributed by atoms with Crippen molar-refractivity contribution in [3.05, 3.63) is 58.7 Å². The maximum absolute atomic E-state index is 12.7. The van der Waals surface area contributed by atoms with Crippen LogP contribution in [0.3, 0.4) is 0 Å². The van der Waals surface area contributed by atoms with Crippen LogP contribution in [0, 0.1) is 20.8 Å². The van der Waals surface area contributed by atoms with Gasteiger partial charge in [0.1, 0.15) is 0 Å². The first-order chi connectivity index (χ1) is 10.8. The summed E-state index contributed by atoms with van der Waals surface area (Å²) in [5, 5.41) is 0. The number of hydrogen-bond donors (Lipinski definition) is 1. The Morgan fingerprint density at radius 1 is 1.00 bits per heavy atom. The molecule has 0 heterocycles. The number of anilines is 1. The van der Waals surface area contributed by atoms with E-state index in [-0.39, 0.29) is 16.1 Å². The third-order valence-corrected chi connectivity index (χ3v) is 5.16. The van der Waals surface area contributed by atoms with E-state index in [2.05, 4.69) is 9.46 Å². The van der Waals surface area contributed by atoms with E-state index in [0.29, 0.717) is 5.56 Å². The summed E-state index contributed by atoms with van der Waals surface area (Å²) in [7, 11) is -2.55. The predicted octanol–water partition coefficient (Wildman–Crippen LogP) is 3.20. The Hall–Kier alpha value is -2.34. The Bertz CT molecular complexity index is 857. The van der Waals surface area contributed by atoms with Crippen molar-refractivity contribution in [2.24, 2.45) is 0 Å². The Labute approximate surface area is 136 Å². The van der Waals surface area contributed by atoms with Gasteiger partial charge in [0, 0.05) is 0 Å². The van der Waals surface area contributed by atoms with E-state index in [9.17, 15) is 13.2 Å².